The van der Waals surface area contributed by atoms with Gasteiger partial charge in [0.2, 0.25) is 0 Å². The second-order valence-electron chi connectivity index (χ2n) is 4.43. The van der Waals surface area contributed by atoms with Gasteiger partial charge in [-0.1, -0.05) is 22.0 Å². The lowest BCUT2D eigenvalue weighted by molar-refractivity contribution is 0.637. The molecule has 1 saturated heterocycles. The second kappa shape index (κ2) is 5.69. The van der Waals surface area contributed by atoms with E-state index in [1.165, 1.54) is 35.0 Å². The smallest absolute Gasteiger partial charge is 0.0383 e. The van der Waals surface area contributed by atoms with E-state index in [0.717, 1.165) is 13.1 Å². The summed E-state index contributed by atoms with van der Waals surface area (Å²) in [5.74, 6) is 0. The molecule has 1 aromatic carbocycles. The molecular weight excluding hydrogens is 264 g/mol. The van der Waals surface area contributed by atoms with Crippen molar-refractivity contribution in [2.24, 2.45) is 0 Å². The molecule has 2 rings (SSSR count). The van der Waals surface area contributed by atoms with Crippen LogP contribution in [0.4, 0.5) is 5.69 Å². The van der Waals surface area contributed by atoms with E-state index in [1.54, 1.807) is 0 Å². The predicted octanol–water partition coefficient (Wildman–Crippen LogP) is 3.31. The van der Waals surface area contributed by atoms with Gasteiger partial charge in [0.25, 0.3) is 0 Å². The van der Waals surface area contributed by atoms with Crippen molar-refractivity contribution >= 4 is 21.6 Å². The van der Waals surface area contributed by atoms with Crippen LogP contribution in [0.3, 0.4) is 0 Å². The van der Waals surface area contributed by atoms with Crippen molar-refractivity contribution in [2.45, 2.75) is 32.2 Å². The monoisotopic (exact) mass is 282 g/mol. The Balaban J connectivity index is 2.04. The molecule has 0 spiro atoms. The average molecular weight is 283 g/mol. The Labute approximate surface area is 106 Å². The summed E-state index contributed by atoms with van der Waals surface area (Å²) in [6.07, 6.45) is 3.75. The zero-order valence-electron chi connectivity index (χ0n) is 9.72. The summed E-state index contributed by atoms with van der Waals surface area (Å²) in [5.41, 5.74) is 2.57. The lowest BCUT2D eigenvalue weighted by Gasteiger charge is -2.19. The molecule has 1 heterocycles. The van der Waals surface area contributed by atoms with Gasteiger partial charge in [0.05, 0.1) is 0 Å². The van der Waals surface area contributed by atoms with Gasteiger partial charge in [-0.25, -0.2) is 0 Å². The third-order valence-corrected chi connectivity index (χ3v) is 4.06. The Morgan fingerprint density at radius 3 is 3.06 bits per heavy atom. The molecule has 88 valence electrons. The van der Waals surface area contributed by atoms with Crippen LogP contribution < -0.4 is 10.6 Å². The van der Waals surface area contributed by atoms with Crippen molar-refractivity contribution in [1.29, 1.82) is 0 Å². The fraction of sp³-hybridized carbons (Fsp3) is 0.538. The highest BCUT2D eigenvalue weighted by Gasteiger charge is 2.12. The molecule has 0 aromatic heterocycles. The van der Waals surface area contributed by atoms with Gasteiger partial charge in [0, 0.05) is 16.2 Å². The van der Waals surface area contributed by atoms with E-state index in [2.05, 4.69) is 51.7 Å². The molecule has 1 aromatic rings. The fourth-order valence-corrected chi connectivity index (χ4v) is 2.51. The highest BCUT2D eigenvalue weighted by Crippen LogP contribution is 2.25. The molecule has 2 nitrogen and oxygen atoms in total. The minimum Gasteiger partial charge on any atom is -0.382 e. The largest absolute Gasteiger partial charge is 0.382 e. The van der Waals surface area contributed by atoms with Crippen LogP contribution in [0.25, 0.3) is 0 Å². The van der Waals surface area contributed by atoms with Crippen LogP contribution in [0.2, 0.25) is 0 Å². The summed E-state index contributed by atoms with van der Waals surface area (Å²) >= 11 is 3.57. The average Bonchev–Trinajstić information content (AvgIpc) is 2.53. The first kappa shape index (κ1) is 11.9. The molecular formula is C13H19BrN2. The van der Waals surface area contributed by atoms with Gasteiger partial charge >= 0.3 is 0 Å². The first-order valence-corrected chi connectivity index (χ1v) is 6.79. The quantitative estimate of drug-likeness (QED) is 0.870. The highest BCUT2D eigenvalue weighted by molar-refractivity contribution is 9.10. The highest BCUT2D eigenvalue weighted by atomic mass is 79.9. The third kappa shape index (κ3) is 2.98. The Morgan fingerprint density at radius 2 is 2.19 bits per heavy atom. The third-order valence-electron chi connectivity index (χ3n) is 3.20. The summed E-state index contributed by atoms with van der Waals surface area (Å²) in [5, 5.41) is 7.10. The number of halogens is 1. The molecule has 0 amide bonds. The predicted molar refractivity (Wildman–Crippen MR) is 73.0 cm³/mol. The molecule has 1 aliphatic rings. The van der Waals surface area contributed by atoms with E-state index < -0.39 is 0 Å². The number of hydrogen-bond donors (Lipinski definition) is 2. The topological polar surface area (TPSA) is 24.1 Å². The van der Waals surface area contributed by atoms with Crippen LogP contribution in [-0.2, 0) is 0 Å². The summed E-state index contributed by atoms with van der Waals surface area (Å²) in [7, 11) is 0. The van der Waals surface area contributed by atoms with Crippen LogP contribution in [0, 0.1) is 6.92 Å². The van der Waals surface area contributed by atoms with E-state index in [1.807, 2.05) is 0 Å². The first-order chi connectivity index (χ1) is 7.77. The van der Waals surface area contributed by atoms with E-state index in [4.69, 9.17) is 0 Å². The van der Waals surface area contributed by atoms with Gasteiger partial charge in [-0.2, -0.15) is 0 Å². The van der Waals surface area contributed by atoms with Crippen LogP contribution in [0.1, 0.15) is 24.8 Å². The summed E-state index contributed by atoms with van der Waals surface area (Å²) in [4.78, 5) is 0. The zero-order valence-corrected chi connectivity index (χ0v) is 11.3. The molecule has 0 radical (unpaired) electrons. The Hall–Kier alpha value is -0.540. The number of nitrogens with one attached hydrogen (secondary N) is 2. The molecule has 1 atom stereocenters. The molecule has 1 fully saturated rings. The number of hydrogen-bond acceptors (Lipinski definition) is 2. The normalized spacial score (nSPS) is 21.5. The lowest BCUT2D eigenvalue weighted by atomic mass is 10.1. The van der Waals surface area contributed by atoms with Crippen molar-refractivity contribution in [3.8, 4) is 0 Å². The van der Waals surface area contributed by atoms with Gasteiger partial charge in [-0.05, 0) is 57.0 Å². The SMILES string of the molecule is Cc1c(Br)cccc1NC1CCCNCC1. The Bertz CT molecular complexity index is 344. The molecule has 1 unspecified atom stereocenters. The van der Waals surface area contributed by atoms with Crippen molar-refractivity contribution in [3.63, 3.8) is 0 Å². The molecule has 16 heavy (non-hydrogen) atoms. The minimum absolute atomic E-state index is 0.614. The van der Waals surface area contributed by atoms with Gasteiger partial charge in [-0.3, -0.25) is 0 Å². The van der Waals surface area contributed by atoms with Crippen LogP contribution in [-0.4, -0.2) is 19.1 Å². The van der Waals surface area contributed by atoms with E-state index in [-0.39, 0.29) is 0 Å². The maximum absolute atomic E-state index is 3.66. The number of benzene rings is 1. The van der Waals surface area contributed by atoms with E-state index >= 15 is 0 Å². The van der Waals surface area contributed by atoms with E-state index in [0.29, 0.717) is 6.04 Å². The van der Waals surface area contributed by atoms with Crippen molar-refractivity contribution in [2.75, 3.05) is 18.4 Å². The summed E-state index contributed by atoms with van der Waals surface area (Å²) < 4.78 is 1.18. The van der Waals surface area contributed by atoms with Crippen molar-refractivity contribution in [1.82, 2.24) is 5.32 Å². The second-order valence-corrected chi connectivity index (χ2v) is 5.29. The van der Waals surface area contributed by atoms with Crippen LogP contribution in [0.5, 0.6) is 0 Å². The van der Waals surface area contributed by atoms with Crippen LogP contribution in [0.15, 0.2) is 22.7 Å². The minimum atomic E-state index is 0.614. The summed E-state index contributed by atoms with van der Waals surface area (Å²) in [6.45, 7) is 4.45. The standard InChI is InChI=1S/C13H19BrN2/c1-10-12(14)5-2-6-13(10)16-11-4-3-8-15-9-7-11/h2,5-6,11,15-16H,3-4,7-9H2,1H3. The van der Waals surface area contributed by atoms with Gasteiger partial charge in [-0.15, -0.1) is 0 Å². The molecule has 1 aliphatic heterocycles. The fourth-order valence-electron chi connectivity index (χ4n) is 2.15. The molecule has 2 N–H and O–H groups in total. The van der Waals surface area contributed by atoms with Crippen LogP contribution >= 0.6 is 15.9 Å². The Morgan fingerprint density at radius 1 is 1.31 bits per heavy atom. The molecule has 0 bridgehead atoms. The van der Waals surface area contributed by atoms with Gasteiger partial charge < -0.3 is 10.6 Å². The molecule has 0 aliphatic carbocycles. The number of rotatable bonds is 2. The summed E-state index contributed by atoms with van der Waals surface area (Å²) in [6, 6.07) is 6.96. The molecule has 3 heteroatoms. The van der Waals surface area contributed by atoms with Crippen molar-refractivity contribution in [3.05, 3.63) is 28.2 Å². The molecule has 0 saturated carbocycles. The Kier molecular flexibility index (Phi) is 4.24. The lowest BCUT2D eigenvalue weighted by Crippen LogP contribution is -2.21. The number of anilines is 1. The maximum atomic E-state index is 3.66. The zero-order chi connectivity index (χ0) is 11.4. The van der Waals surface area contributed by atoms with Gasteiger partial charge in [0.1, 0.15) is 0 Å². The first-order valence-electron chi connectivity index (χ1n) is 6.00. The van der Waals surface area contributed by atoms with E-state index in [9.17, 15) is 0 Å². The van der Waals surface area contributed by atoms with Gasteiger partial charge in [0.15, 0.2) is 0 Å². The maximum Gasteiger partial charge on any atom is 0.0383 e. The van der Waals surface area contributed by atoms with Crippen molar-refractivity contribution < 1.29 is 0 Å².